The van der Waals surface area contributed by atoms with E-state index in [0.717, 1.165) is 0 Å². The SMILES string of the molecule is CC1(C)CSCC(Nc2ccc(N3CCCC3)cc2)C1. The minimum Gasteiger partial charge on any atom is -0.381 e. The van der Waals surface area contributed by atoms with Crippen molar-refractivity contribution in [3.05, 3.63) is 24.3 Å². The van der Waals surface area contributed by atoms with Gasteiger partial charge in [0.25, 0.3) is 0 Å². The molecule has 2 aliphatic rings. The van der Waals surface area contributed by atoms with Crippen molar-refractivity contribution in [2.24, 2.45) is 5.41 Å². The fourth-order valence-corrected chi connectivity index (χ4v) is 4.61. The lowest BCUT2D eigenvalue weighted by Crippen LogP contribution is -2.35. The number of benzene rings is 1. The molecule has 0 bridgehead atoms. The van der Waals surface area contributed by atoms with E-state index < -0.39 is 0 Å². The van der Waals surface area contributed by atoms with Gasteiger partial charge in [-0.1, -0.05) is 13.8 Å². The van der Waals surface area contributed by atoms with Crippen molar-refractivity contribution < 1.29 is 0 Å². The molecule has 1 N–H and O–H groups in total. The number of rotatable bonds is 3. The molecule has 20 heavy (non-hydrogen) atoms. The van der Waals surface area contributed by atoms with E-state index in [-0.39, 0.29) is 0 Å². The molecule has 0 saturated carbocycles. The Labute approximate surface area is 127 Å². The highest BCUT2D eigenvalue weighted by Gasteiger charge is 2.28. The fourth-order valence-electron chi connectivity index (χ4n) is 3.33. The van der Waals surface area contributed by atoms with Crippen molar-refractivity contribution in [1.82, 2.24) is 0 Å². The van der Waals surface area contributed by atoms with Crippen molar-refractivity contribution >= 4 is 23.1 Å². The van der Waals surface area contributed by atoms with Crippen LogP contribution in [-0.4, -0.2) is 30.6 Å². The van der Waals surface area contributed by atoms with E-state index in [0.29, 0.717) is 11.5 Å². The molecule has 2 saturated heterocycles. The van der Waals surface area contributed by atoms with Crippen molar-refractivity contribution in [1.29, 1.82) is 0 Å². The molecule has 2 nitrogen and oxygen atoms in total. The number of hydrogen-bond acceptors (Lipinski definition) is 3. The van der Waals surface area contributed by atoms with Gasteiger partial charge in [0.1, 0.15) is 0 Å². The van der Waals surface area contributed by atoms with Crippen LogP contribution >= 0.6 is 11.8 Å². The average Bonchev–Trinajstić information content (AvgIpc) is 2.92. The van der Waals surface area contributed by atoms with Crippen LogP contribution in [0.4, 0.5) is 11.4 Å². The fraction of sp³-hybridized carbons (Fsp3) is 0.647. The Morgan fingerprint density at radius 2 is 1.85 bits per heavy atom. The number of thioether (sulfide) groups is 1. The monoisotopic (exact) mass is 290 g/mol. The first-order chi connectivity index (χ1) is 9.62. The predicted octanol–water partition coefficient (Wildman–Crippen LogP) is 4.23. The minimum atomic E-state index is 0.468. The summed E-state index contributed by atoms with van der Waals surface area (Å²) in [6.45, 7) is 7.20. The lowest BCUT2D eigenvalue weighted by Gasteiger charge is -2.35. The molecular weight excluding hydrogens is 264 g/mol. The second-order valence-electron chi connectivity index (χ2n) is 6.97. The van der Waals surface area contributed by atoms with Crippen LogP contribution in [-0.2, 0) is 0 Å². The average molecular weight is 290 g/mol. The van der Waals surface area contributed by atoms with Crippen LogP contribution in [0, 0.1) is 5.41 Å². The number of hydrogen-bond donors (Lipinski definition) is 1. The quantitative estimate of drug-likeness (QED) is 0.897. The van der Waals surface area contributed by atoms with Crippen LogP contribution < -0.4 is 10.2 Å². The molecule has 0 radical (unpaired) electrons. The molecule has 1 unspecified atom stereocenters. The molecule has 0 aromatic heterocycles. The zero-order valence-electron chi connectivity index (χ0n) is 12.7. The van der Waals surface area contributed by atoms with Gasteiger partial charge in [0, 0.05) is 36.3 Å². The van der Waals surface area contributed by atoms with Gasteiger partial charge >= 0.3 is 0 Å². The smallest absolute Gasteiger partial charge is 0.0367 e. The van der Waals surface area contributed by atoms with Gasteiger partial charge in [-0.3, -0.25) is 0 Å². The van der Waals surface area contributed by atoms with Gasteiger partial charge in [-0.25, -0.2) is 0 Å². The summed E-state index contributed by atoms with van der Waals surface area (Å²) in [6, 6.07) is 9.66. The maximum Gasteiger partial charge on any atom is 0.0367 e. The third kappa shape index (κ3) is 3.43. The van der Waals surface area contributed by atoms with E-state index in [4.69, 9.17) is 0 Å². The molecule has 110 valence electrons. The van der Waals surface area contributed by atoms with Gasteiger partial charge in [-0.2, -0.15) is 11.8 Å². The summed E-state index contributed by atoms with van der Waals surface area (Å²) < 4.78 is 0. The van der Waals surface area contributed by atoms with E-state index in [1.807, 2.05) is 0 Å². The molecule has 0 aliphatic carbocycles. The van der Waals surface area contributed by atoms with E-state index in [1.165, 1.54) is 55.2 Å². The summed E-state index contributed by atoms with van der Waals surface area (Å²) in [7, 11) is 0. The second-order valence-corrected chi connectivity index (χ2v) is 8.00. The van der Waals surface area contributed by atoms with Crippen molar-refractivity contribution in [2.75, 3.05) is 34.8 Å². The Bertz CT molecular complexity index is 435. The van der Waals surface area contributed by atoms with Crippen molar-refractivity contribution in [2.45, 2.75) is 39.2 Å². The molecule has 2 heterocycles. The van der Waals surface area contributed by atoms with E-state index in [2.05, 4.69) is 60.1 Å². The molecule has 1 aromatic carbocycles. The Hall–Kier alpha value is -0.830. The van der Waals surface area contributed by atoms with Gasteiger partial charge in [-0.15, -0.1) is 0 Å². The maximum atomic E-state index is 3.71. The van der Waals surface area contributed by atoms with Gasteiger partial charge in [-0.05, 0) is 54.7 Å². The molecular formula is C17H26N2S. The standard InChI is InChI=1S/C17H26N2S/c1-17(2)11-15(12-20-13-17)18-14-5-7-16(8-6-14)19-9-3-4-10-19/h5-8,15,18H,3-4,9-13H2,1-2H3. The van der Waals surface area contributed by atoms with Gasteiger partial charge in [0.2, 0.25) is 0 Å². The molecule has 0 amide bonds. The second kappa shape index (κ2) is 5.88. The van der Waals surface area contributed by atoms with Gasteiger partial charge in [0.05, 0.1) is 0 Å². The molecule has 2 fully saturated rings. The first kappa shape index (κ1) is 14.1. The minimum absolute atomic E-state index is 0.468. The highest BCUT2D eigenvalue weighted by molar-refractivity contribution is 7.99. The number of nitrogens with zero attached hydrogens (tertiary/aromatic N) is 1. The summed E-state index contributed by atoms with van der Waals surface area (Å²) in [5.41, 5.74) is 3.12. The van der Waals surface area contributed by atoms with Crippen LogP contribution in [0.1, 0.15) is 33.1 Å². The molecule has 1 atom stereocenters. The molecule has 3 heteroatoms. The largest absolute Gasteiger partial charge is 0.381 e. The molecule has 0 spiro atoms. The van der Waals surface area contributed by atoms with Gasteiger partial charge < -0.3 is 10.2 Å². The third-order valence-corrected chi connectivity index (χ3v) is 5.94. The van der Waals surface area contributed by atoms with Crippen molar-refractivity contribution in [3.63, 3.8) is 0 Å². The Morgan fingerprint density at radius 1 is 1.15 bits per heavy atom. The highest BCUT2D eigenvalue weighted by atomic mass is 32.2. The molecule has 1 aromatic rings. The lowest BCUT2D eigenvalue weighted by molar-refractivity contribution is 0.358. The summed E-state index contributed by atoms with van der Waals surface area (Å²) in [5.74, 6) is 2.52. The number of nitrogens with one attached hydrogen (secondary N) is 1. The Balaban J connectivity index is 1.60. The maximum absolute atomic E-state index is 3.71. The van der Waals surface area contributed by atoms with E-state index in [1.54, 1.807) is 0 Å². The summed E-state index contributed by atoms with van der Waals surface area (Å²) in [6.07, 6.45) is 3.95. The topological polar surface area (TPSA) is 15.3 Å². The zero-order valence-corrected chi connectivity index (χ0v) is 13.5. The van der Waals surface area contributed by atoms with Crippen LogP contribution in [0.2, 0.25) is 0 Å². The zero-order chi connectivity index (χ0) is 14.0. The van der Waals surface area contributed by atoms with Crippen LogP contribution in [0.25, 0.3) is 0 Å². The van der Waals surface area contributed by atoms with Crippen molar-refractivity contribution in [3.8, 4) is 0 Å². The van der Waals surface area contributed by atoms with Gasteiger partial charge in [0.15, 0.2) is 0 Å². The third-order valence-electron chi connectivity index (χ3n) is 4.32. The highest BCUT2D eigenvalue weighted by Crippen LogP contribution is 2.35. The Kier molecular flexibility index (Phi) is 4.16. The van der Waals surface area contributed by atoms with E-state index in [9.17, 15) is 0 Å². The summed E-state index contributed by atoms with van der Waals surface area (Å²) >= 11 is 2.08. The lowest BCUT2D eigenvalue weighted by atomic mass is 9.88. The summed E-state index contributed by atoms with van der Waals surface area (Å²) in [4.78, 5) is 2.49. The normalized spacial score (nSPS) is 25.7. The predicted molar refractivity (Wildman–Crippen MR) is 91.0 cm³/mol. The van der Waals surface area contributed by atoms with Crippen LogP contribution in [0.5, 0.6) is 0 Å². The van der Waals surface area contributed by atoms with Crippen LogP contribution in [0.15, 0.2) is 24.3 Å². The van der Waals surface area contributed by atoms with E-state index >= 15 is 0 Å². The molecule has 2 aliphatic heterocycles. The Morgan fingerprint density at radius 3 is 2.50 bits per heavy atom. The molecule has 3 rings (SSSR count). The number of anilines is 2. The summed E-state index contributed by atoms with van der Waals surface area (Å²) in [5, 5.41) is 3.71. The first-order valence-electron chi connectivity index (χ1n) is 7.82. The first-order valence-corrected chi connectivity index (χ1v) is 8.97. The van der Waals surface area contributed by atoms with Crippen LogP contribution in [0.3, 0.4) is 0 Å².